The summed E-state index contributed by atoms with van der Waals surface area (Å²) >= 11 is 9.09. The molecule has 0 saturated heterocycles. The predicted octanol–water partition coefficient (Wildman–Crippen LogP) is 11.4. The molecule has 0 atom stereocenters. The largest absolute Gasteiger partial charge is 0.177 e. The van der Waals surface area contributed by atoms with Crippen LogP contribution in [0.2, 0.25) is 49.9 Å². The average molecular weight is 536 g/mol. The van der Waals surface area contributed by atoms with Gasteiger partial charge in [0, 0.05) is 0 Å². The monoisotopic (exact) mass is 534 g/mol. The Hall–Kier alpha value is 1.16. The van der Waals surface area contributed by atoms with Gasteiger partial charge in [0.15, 0.2) is 0 Å². The Morgan fingerprint density at radius 2 is 0.406 bits per heavy atom. The zero-order valence-corrected chi connectivity index (χ0v) is 31.1. The molecule has 0 aromatic rings. The fourth-order valence-electron chi connectivity index (χ4n) is 7.98. The van der Waals surface area contributed by atoms with Gasteiger partial charge in [-0.1, -0.05) is 144 Å². The quantitative estimate of drug-likeness (QED) is 0.249. The van der Waals surface area contributed by atoms with Crippen molar-refractivity contribution in [2.75, 3.05) is 0 Å². The Bertz CT molecular complexity index is 532. The summed E-state index contributed by atoms with van der Waals surface area (Å²) in [5.74, 6) is -2.43. The van der Waals surface area contributed by atoms with E-state index in [0.717, 1.165) is 0 Å². The van der Waals surface area contributed by atoms with Crippen LogP contribution in [0.5, 0.6) is 0 Å². The minimum Gasteiger partial charge on any atom is -0.177 e. The van der Waals surface area contributed by atoms with Crippen molar-refractivity contribution in [1.82, 2.24) is 0 Å². The van der Waals surface area contributed by atoms with Crippen LogP contribution in [-0.2, 0) is 0 Å². The van der Waals surface area contributed by atoms with E-state index in [1.807, 2.05) is 0 Å². The molecule has 0 aliphatic carbocycles. The van der Waals surface area contributed by atoms with Crippen LogP contribution in [0.4, 0.5) is 0 Å². The predicted molar refractivity (Wildman–Crippen MR) is 165 cm³/mol. The van der Waals surface area contributed by atoms with E-state index < -0.39 is 28.7 Å². The third kappa shape index (κ3) is 4.20. The van der Waals surface area contributed by atoms with E-state index in [4.69, 9.17) is 11.1 Å². The first-order valence-corrected chi connectivity index (χ1v) is 26.5. The van der Waals surface area contributed by atoms with Gasteiger partial charge in [-0.2, -0.15) is 11.1 Å². The molecule has 0 saturated carbocycles. The van der Waals surface area contributed by atoms with Crippen LogP contribution in [0.15, 0.2) is 0 Å². The molecule has 32 heavy (non-hydrogen) atoms. The number of hydrogen-bond acceptors (Lipinski definition) is 0. The summed E-state index contributed by atoms with van der Waals surface area (Å²) in [6.45, 7) is 54.5. The highest BCUT2D eigenvalue weighted by Gasteiger charge is 2.82. The Morgan fingerprint density at radius 3 is 0.469 bits per heavy atom. The molecule has 0 amide bonds. The molecule has 0 aromatic heterocycles. The van der Waals surface area contributed by atoms with Gasteiger partial charge >= 0.3 is 0 Å². The Balaban J connectivity index is 8.69. The summed E-state index contributed by atoms with van der Waals surface area (Å²) < 4.78 is 0. The van der Waals surface area contributed by atoms with Crippen LogP contribution >= 0.6 is 11.1 Å². The molecule has 0 nitrogen and oxygen atoms in total. The van der Waals surface area contributed by atoms with Gasteiger partial charge in [0.2, 0.25) is 0 Å². The third-order valence-corrected chi connectivity index (χ3v) is 96.3. The molecule has 0 spiro atoms. The molecule has 0 N–H and O–H groups in total. The normalized spacial score (nSPS) is 17.1. The van der Waals surface area contributed by atoms with E-state index in [1.165, 1.54) is 0 Å². The van der Waals surface area contributed by atoms with Gasteiger partial charge in [0.05, 0.1) is 22.8 Å². The molecule has 0 unspecified atom stereocenters. The topological polar surface area (TPSA) is 0 Å². The SMILES string of the molecule is CC(C)(C)[Si](C)(C(C)(C)C)[Si](Cl)([Si](C)(C(C)(C)C)C(C)(C)C)[Si](C)(C(C)(C)C)C(C)(C)C. The zero-order valence-electron chi connectivity index (χ0n) is 26.4. The summed E-state index contributed by atoms with van der Waals surface area (Å²) in [6.07, 6.45) is 0. The van der Waals surface area contributed by atoms with Crippen LogP contribution in [0.3, 0.4) is 0 Å². The Morgan fingerprint density at radius 1 is 0.312 bits per heavy atom. The molecule has 0 aliphatic heterocycles. The maximum atomic E-state index is 9.09. The van der Waals surface area contributed by atoms with Crippen molar-refractivity contribution in [3.63, 3.8) is 0 Å². The number of halogens is 1. The van der Waals surface area contributed by atoms with E-state index in [0.29, 0.717) is 0 Å². The molecule has 0 aromatic carbocycles. The van der Waals surface area contributed by atoms with Gasteiger partial charge in [-0.3, -0.25) is 0 Å². The van der Waals surface area contributed by atoms with Crippen molar-refractivity contribution in [3.05, 3.63) is 0 Å². The van der Waals surface area contributed by atoms with Crippen molar-refractivity contribution in [1.29, 1.82) is 0 Å². The first-order chi connectivity index (χ1) is 13.2. The Labute approximate surface area is 213 Å². The summed E-state index contributed by atoms with van der Waals surface area (Å²) in [7, 11) is -6.27. The minimum atomic E-state index is -2.43. The van der Waals surface area contributed by atoms with Crippen LogP contribution in [0, 0.1) is 0 Å². The lowest BCUT2D eigenvalue weighted by Crippen LogP contribution is -2.93. The van der Waals surface area contributed by atoms with E-state index in [2.05, 4.69) is 144 Å². The van der Waals surface area contributed by atoms with Crippen LogP contribution in [-0.4, -0.2) is 28.7 Å². The summed E-state index contributed by atoms with van der Waals surface area (Å²) in [5.41, 5.74) is 0. The fourth-order valence-corrected chi connectivity index (χ4v) is 134. The molecule has 0 bridgehead atoms. The molecule has 0 aliphatic rings. The lowest BCUT2D eigenvalue weighted by Gasteiger charge is -2.75. The molecular weight excluding hydrogens is 472 g/mol. The first kappa shape index (κ1) is 33.2. The third-order valence-electron chi connectivity index (χ3n) is 11.1. The highest BCUT2D eigenvalue weighted by Crippen LogP contribution is 2.72. The van der Waals surface area contributed by atoms with Gasteiger partial charge in [0.1, 0.15) is 5.94 Å². The van der Waals surface area contributed by atoms with Gasteiger partial charge < -0.3 is 0 Å². The van der Waals surface area contributed by atoms with E-state index in [9.17, 15) is 0 Å². The number of hydrogen-bond donors (Lipinski definition) is 0. The summed E-state index contributed by atoms with van der Waals surface area (Å²) in [4.78, 5) is 0. The average Bonchev–Trinajstić information content (AvgIpc) is 2.44. The highest BCUT2D eigenvalue weighted by molar-refractivity contribution is 8.03. The molecule has 194 valence electrons. The van der Waals surface area contributed by atoms with E-state index in [-0.39, 0.29) is 30.2 Å². The Kier molecular flexibility index (Phi) is 8.65. The molecule has 0 heterocycles. The second-order valence-corrected chi connectivity index (χ2v) is 59.4. The molecular formula is C27H63ClSi4. The van der Waals surface area contributed by atoms with Crippen LogP contribution in [0.1, 0.15) is 125 Å². The lowest BCUT2D eigenvalue weighted by atomic mass is 10.2. The minimum absolute atomic E-state index is 0.245. The standard InChI is InChI=1S/C27H63ClSi4/c1-22(2,3)29(19,23(4,5)6)32(28,30(20,24(7,8)9)25(10,11)12)31(21,26(13,14)15)27(16,17)18/h1-21H3. The molecule has 0 radical (unpaired) electrons. The molecule has 5 heteroatoms. The van der Waals surface area contributed by atoms with E-state index >= 15 is 0 Å². The summed E-state index contributed by atoms with van der Waals surface area (Å²) in [6, 6.07) is 0. The zero-order chi connectivity index (χ0) is 27.0. The van der Waals surface area contributed by atoms with Gasteiger partial charge in [-0.25, -0.2) is 0 Å². The summed E-state index contributed by atoms with van der Waals surface area (Å²) in [5, 5.41) is 1.47. The van der Waals surface area contributed by atoms with Gasteiger partial charge in [-0.15, -0.1) is 0 Å². The second-order valence-electron chi connectivity index (χ2n) is 17.5. The molecule has 0 rings (SSSR count). The van der Waals surface area contributed by atoms with Gasteiger partial charge in [0.25, 0.3) is 0 Å². The van der Waals surface area contributed by atoms with Crippen molar-refractivity contribution in [2.45, 2.75) is 174 Å². The first-order valence-electron chi connectivity index (χ1n) is 12.9. The van der Waals surface area contributed by atoms with E-state index in [1.54, 1.807) is 0 Å². The van der Waals surface area contributed by atoms with Crippen molar-refractivity contribution in [3.8, 4) is 0 Å². The lowest BCUT2D eigenvalue weighted by molar-refractivity contribution is 0.615. The van der Waals surface area contributed by atoms with Crippen molar-refractivity contribution in [2.24, 2.45) is 0 Å². The van der Waals surface area contributed by atoms with Crippen LogP contribution < -0.4 is 0 Å². The maximum Gasteiger partial charge on any atom is 0.134 e. The maximum absolute atomic E-state index is 9.09. The highest BCUT2D eigenvalue weighted by atomic mass is 35.6. The smallest absolute Gasteiger partial charge is 0.134 e. The number of rotatable bonds is 3. The fraction of sp³-hybridized carbons (Fsp3) is 1.00. The van der Waals surface area contributed by atoms with Crippen LogP contribution in [0.25, 0.3) is 0 Å². The molecule has 0 fully saturated rings. The van der Waals surface area contributed by atoms with Crippen molar-refractivity contribution >= 4 is 39.8 Å². The van der Waals surface area contributed by atoms with Crippen molar-refractivity contribution < 1.29 is 0 Å². The second kappa shape index (κ2) is 8.35. The van der Waals surface area contributed by atoms with Gasteiger partial charge in [-0.05, 0) is 30.2 Å².